The monoisotopic (exact) mass is 325 g/mol. The first-order chi connectivity index (χ1) is 11.8. The largest absolute Gasteiger partial charge is 0.361 e. The lowest BCUT2D eigenvalue weighted by molar-refractivity contribution is -0.122. The van der Waals surface area contributed by atoms with Gasteiger partial charge in [-0.2, -0.15) is 0 Å². The number of amides is 1. The minimum Gasteiger partial charge on any atom is -0.361 e. The molecule has 2 saturated heterocycles. The molecule has 3 heterocycles. The molecule has 0 unspecified atom stereocenters. The van der Waals surface area contributed by atoms with Gasteiger partial charge in [0.25, 0.3) is 0 Å². The molecule has 0 saturated carbocycles. The van der Waals surface area contributed by atoms with Gasteiger partial charge in [0, 0.05) is 42.1 Å². The number of aryl methyl sites for hydroxylation is 1. The van der Waals surface area contributed by atoms with E-state index in [0.29, 0.717) is 18.5 Å². The summed E-state index contributed by atoms with van der Waals surface area (Å²) >= 11 is 0. The molecule has 0 spiro atoms. The quantitative estimate of drug-likeness (QED) is 0.886. The molecule has 4 nitrogen and oxygen atoms in total. The number of aromatic nitrogens is 1. The van der Waals surface area contributed by atoms with Crippen LogP contribution in [0.4, 0.5) is 0 Å². The molecule has 24 heavy (non-hydrogen) atoms. The van der Waals surface area contributed by atoms with E-state index in [2.05, 4.69) is 39.6 Å². The maximum atomic E-state index is 12.3. The lowest BCUT2D eigenvalue weighted by Gasteiger charge is -2.32. The number of benzene rings is 1. The molecule has 0 aliphatic carbocycles. The van der Waals surface area contributed by atoms with Crippen LogP contribution >= 0.6 is 0 Å². The van der Waals surface area contributed by atoms with Crippen LogP contribution < -0.4 is 5.32 Å². The first kappa shape index (κ1) is 15.7. The van der Waals surface area contributed by atoms with E-state index in [4.69, 9.17) is 0 Å². The first-order valence-electron chi connectivity index (χ1n) is 9.40. The Labute approximate surface area is 143 Å². The Morgan fingerprint density at radius 1 is 1.21 bits per heavy atom. The van der Waals surface area contributed by atoms with Crippen LogP contribution in [0.15, 0.2) is 30.5 Å². The summed E-state index contributed by atoms with van der Waals surface area (Å²) < 4.78 is 0. The van der Waals surface area contributed by atoms with Crippen molar-refractivity contribution in [3.8, 4) is 0 Å². The second kappa shape index (κ2) is 6.98. The van der Waals surface area contributed by atoms with Crippen molar-refractivity contribution < 1.29 is 4.79 Å². The Morgan fingerprint density at radius 3 is 3.08 bits per heavy atom. The number of hydrogen-bond donors (Lipinski definition) is 2. The molecule has 4 rings (SSSR count). The predicted molar refractivity (Wildman–Crippen MR) is 97.0 cm³/mol. The zero-order valence-corrected chi connectivity index (χ0v) is 14.3. The molecule has 1 aromatic carbocycles. The van der Waals surface area contributed by atoms with Crippen LogP contribution in [-0.2, 0) is 11.2 Å². The van der Waals surface area contributed by atoms with Crippen molar-refractivity contribution in [3.63, 3.8) is 0 Å². The molecule has 128 valence electrons. The van der Waals surface area contributed by atoms with Crippen molar-refractivity contribution in [3.05, 3.63) is 36.0 Å². The third-order valence-corrected chi connectivity index (χ3v) is 5.73. The van der Waals surface area contributed by atoms with Gasteiger partial charge >= 0.3 is 0 Å². The van der Waals surface area contributed by atoms with Crippen LogP contribution in [0, 0.1) is 0 Å². The van der Waals surface area contributed by atoms with Crippen molar-refractivity contribution in [1.29, 1.82) is 0 Å². The van der Waals surface area contributed by atoms with Gasteiger partial charge in [-0.15, -0.1) is 0 Å². The number of hydrogen-bond acceptors (Lipinski definition) is 2. The maximum Gasteiger partial charge on any atom is 0.220 e. The molecular formula is C20H27N3O. The molecule has 1 amide bonds. The summed E-state index contributed by atoms with van der Waals surface area (Å²) in [5, 5.41) is 4.59. The lowest BCUT2D eigenvalue weighted by atomic mass is 9.99. The molecule has 2 N–H and O–H groups in total. The summed E-state index contributed by atoms with van der Waals surface area (Å²) in [6.45, 7) is 2.38. The predicted octanol–water partition coefficient (Wildman–Crippen LogP) is 3.23. The van der Waals surface area contributed by atoms with E-state index in [1.54, 1.807) is 0 Å². The van der Waals surface area contributed by atoms with Gasteiger partial charge < -0.3 is 10.3 Å². The molecule has 4 heteroatoms. The van der Waals surface area contributed by atoms with Gasteiger partial charge in [0.05, 0.1) is 0 Å². The molecule has 0 bridgehead atoms. The molecule has 2 aliphatic rings. The second-order valence-electron chi connectivity index (χ2n) is 7.27. The van der Waals surface area contributed by atoms with Crippen LogP contribution in [0.25, 0.3) is 10.9 Å². The van der Waals surface area contributed by atoms with Crippen LogP contribution in [0.1, 0.15) is 44.1 Å². The molecule has 2 aliphatic heterocycles. The topological polar surface area (TPSA) is 48.1 Å². The number of rotatable bonds is 5. The Morgan fingerprint density at radius 2 is 2.12 bits per heavy atom. The molecule has 2 aromatic rings. The Balaban J connectivity index is 1.26. The molecule has 2 atom stereocenters. The highest BCUT2D eigenvalue weighted by Gasteiger charge is 2.35. The summed E-state index contributed by atoms with van der Waals surface area (Å²) in [4.78, 5) is 18.2. The number of nitrogens with zero attached hydrogens (tertiary/aromatic N) is 1. The van der Waals surface area contributed by atoms with Crippen molar-refractivity contribution in [2.24, 2.45) is 0 Å². The Bertz CT molecular complexity index is 708. The number of fused-ring (bicyclic) bond motifs is 2. The number of H-pyrrole nitrogens is 1. The van der Waals surface area contributed by atoms with E-state index in [1.807, 2.05) is 6.07 Å². The number of carbonyl (C=O) groups excluding carboxylic acids is 1. The van der Waals surface area contributed by atoms with Crippen LogP contribution in [0.5, 0.6) is 0 Å². The Kier molecular flexibility index (Phi) is 4.56. The highest BCUT2D eigenvalue weighted by Crippen LogP contribution is 2.27. The third kappa shape index (κ3) is 3.20. The standard InChI is InChI=1S/C20H27N3O/c24-20(22-18-11-13-23-12-4-3-9-19(18)23)10-5-6-15-14-21-17-8-2-1-7-16(15)17/h1-2,7-8,14,18-19,21H,3-6,9-13H2,(H,22,24)/t18-,19-/m1/s1. The smallest absolute Gasteiger partial charge is 0.220 e. The minimum absolute atomic E-state index is 0.229. The average Bonchev–Trinajstić information content (AvgIpc) is 3.20. The van der Waals surface area contributed by atoms with Gasteiger partial charge in [-0.1, -0.05) is 24.6 Å². The number of carbonyl (C=O) groups is 1. The highest BCUT2D eigenvalue weighted by atomic mass is 16.1. The molecule has 0 radical (unpaired) electrons. The van der Waals surface area contributed by atoms with E-state index in [9.17, 15) is 4.79 Å². The fraction of sp³-hybridized carbons (Fsp3) is 0.550. The zero-order valence-electron chi connectivity index (χ0n) is 14.3. The van der Waals surface area contributed by atoms with Gasteiger partial charge in [-0.3, -0.25) is 9.69 Å². The van der Waals surface area contributed by atoms with Crippen LogP contribution in [0.3, 0.4) is 0 Å². The van der Waals surface area contributed by atoms with E-state index in [1.165, 1.54) is 42.3 Å². The second-order valence-corrected chi connectivity index (χ2v) is 7.27. The van der Waals surface area contributed by atoms with E-state index in [-0.39, 0.29) is 5.91 Å². The van der Waals surface area contributed by atoms with Gasteiger partial charge in [0.1, 0.15) is 0 Å². The fourth-order valence-electron chi connectivity index (χ4n) is 4.47. The number of aromatic amines is 1. The summed E-state index contributed by atoms with van der Waals surface area (Å²) in [6.07, 6.45) is 9.59. The summed E-state index contributed by atoms with van der Waals surface area (Å²) in [6, 6.07) is 9.34. The van der Waals surface area contributed by atoms with Gasteiger partial charge in [-0.25, -0.2) is 0 Å². The minimum atomic E-state index is 0.229. The van der Waals surface area contributed by atoms with E-state index < -0.39 is 0 Å². The zero-order chi connectivity index (χ0) is 16.4. The normalized spacial score (nSPS) is 24.2. The number of piperidine rings is 1. The van der Waals surface area contributed by atoms with E-state index >= 15 is 0 Å². The maximum absolute atomic E-state index is 12.3. The Hall–Kier alpha value is -1.81. The van der Waals surface area contributed by atoms with Crippen molar-refractivity contribution in [1.82, 2.24) is 15.2 Å². The lowest BCUT2D eigenvalue weighted by Crippen LogP contribution is -2.46. The highest BCUT2D eigenvalue weighted by molar-refractivity contribution is 5.83. The fourth-order valence-corrected chi connectivity index (χ4v) is 4.47. The van der Waals surface area contributed by atoms with Crippen molar-refractivity contribution >= 4 is 16.8 Å². The van der Waals surface area contributed by atoms with Crippen molar-refractivity contribution in [2.75, 3.05) is 13.1 Å². The third-order valence-electron chi connectivity index (χ3n) is 5.73. The summed E-state index contributed by atoms with van der Waals surface area (Å²) in [7, 11) is 0. The first-order valence-corrected chi connectivity index (χ1v) is 9.40. The van der Waals surface area contributed by atoms with Gasteiger partial charge in [0.15, 0.2) is 0 Å². The summed E-state index contributed by atoms with van der Waals surface area (Å²) in [5.41, 5.74) is 2.50. The van der Waals surface area contributed by atoms with Gasteiger partial charge in [0.2, 0.25) is 5.91 Å². The van der Waals surface area contributed by atoms with Crippen LogP contribution in [0.2, 0.25) is 0 Å². The van der Waals surface area contributed by atoms with Crippen molar-refractivity contribution in [2.45, 2.75) is 57.0 Å². The van der Waals surface area contributed by atoms with E-state index in [0.717, 1.165) is 25.8 Å². The van der Waals surface area contributed by atoms with Crippen LogP contribution in [-0.4, -0.2) is 41.0 Å². The number of nitrogens with one attached hydrogen (secondary N) is 2. The summed E-state index contributed by atoms with van der Waals surface area (Å²) in [5.74, 6) is 0.229. The SMILES string of the molecule is O=C(CCCc1c[nH]c2ccccc12)N[C@@H]1CCN2CCCC[C@H]12. The number of para-hydroxylation sites is 1. The average molecular weight is 325 g/mol. The van der Waals surface area contributed by atoms with Gasteiger partial charge in [-0.05, 0) is 50.3 Å². The molecule has 1 aromatic heterocycles. The molecular weight excluding hydrogens is 298 g/mol. The molecule has 2 fully saturated rings.